The molecular weight excluding hydrogens is 248 g/mol. The van der Waals surface area contributed by atoms with Gasteiger partial charge in [-0.25, -0.2) is 0 Å². The van der Waals surface area contributed by atoms with Crippen LogP contribution in [0, 0.1) is 0 Å². The Bertz CT molecular complexity index is 411. The number of anilines is 1. The molecule has 4 heteroatoms. The van der Waals surface area contributed by atoms with Crippen LogP contribution in [0.5, 0.6) is 5.75 Å². The fourth-order valence-electron chi connectivity index (χ4n) is 2.62. The van der Waals surface area contributed by atoms with Gasteiger partial charge in [-0.2, -0.15) is 0 Å². The Morgan fingerprint density at radius 1 is 1.44 bits per heavy atom. The lowest BCUT2D eigenvalue weighted by Crippen LogP contribution is -2.42. The van der Waals surface area contributed by atoms with Crippen LogP contribution >= 0.6 is 11.6 Å². The van der Waals surface area contributed by atoms with E-state index >= 15 is 0 Å². The number of nitrogens with zero attached hydrogens (tertiary/aromatic N) is 1. The van der Waals surface area contributed by atoms with E-state index in [2.05, 4.69) is 11.9 Å². The molecule has 100 valence electrons. The molecule has 0 saturated heterocycles. The van der Waals surface area contributed by atoms with Crippen molar-refractivity contribution in [3.8, 4) is 5.75 Å². The van der Waals surface area contributed by atoms with Crippen LogP contribution in [-0.2, 0) is 0 Å². The molecule has 0 aliphatic heterocycles. The Morgan fingerprint density at radius 2 is 2.22 bits per heavy atom. The van der Waals surface area contributed by atoms with E-state index in [1.54, 1.807) is 0 Å². The van der Waals surface area contributed by atoms with E-state index in [-0.39, 0.29) is 6.04 Å². The molecule has 2 N–H and O–H groups in total. The summed E-state index contributed by atoms with van der Waals surface area (Å²) >= 11 is 6.21. The van der Waals surface area contributed by atoms with Crippen LogP contribution in [0.1, 0.15) is 26.2 Å². The van der Waals surface area contributed by atoms with Crippen molar-refractivity contribution in [2.45, 2.75) is 38.3 Å². The van der Waals surface area contributed by atoms with Crippen molar-refractivity contribution in [1.82, 2.24) is 0 Å². The largest absolute Gasteiger partial charge is 0.492 e. The van der Waals surface area contributed by atoms with E-state index < -0.39 is 0 Å². The van der Waals surface area contributed by atoms with Crippen LogP contribution in [0.25, 0.3) is 0 Å². The maximum Gasteiger partial charge on any atom is 0.138 e. The molecule has 2 rings (SSSR count). The standard InChI is InChI=1S/C14H21ClN2O/c1-3-18-14-8-7-10(9-11(14)15)17(2)13-6-4-5-12(13)16/h7-9,12-13H,3-6,16H2,1-2H3. The van der Waals surface area contributed by atoms with Crippen molar-refractivity contribution >= 4 is 17.3 Å². The van der Waals surface area contributed by atoms with Gasteiger partial charge in [-0.15, -0.1) is 0 Å². The summed E-state index contributed by atoms with van der Waals surface area (Å²) in [6.07, 6.45) is 3.48. The van der Waals surface area contributed by atoms with Gasteiger partial charge in [0, 0.05) is 24.8 Å². The summed E-state index contributed by atoms with van der Waals surface area (Å²) in [7, 11) is 2.09. The van der Waals surface area contributed by atoms with Crippen LogP contribution in [0.4, 0.5) is 5.69 Å². The quantitative estimate of drug-likeness (QED) is 0.912. The van der Waals surface area contributed by atoms with Gasteiger partial charge >= 0.3 is 0 Å². The lowest BCUT2D eigenvalue weighted by Gasteiger charge is -2.30. The van der Waals surface area contributed by atoms with Crippen LogP contribution in [-0.4, -0.2) is 25.7 Å². The first-order valence-corrected chi connectivity index (χ1v) is 6.92. The van der Waals surface area contributed by atoms with Crippen LogP contribution in [0.15, 0.2) is 18.2 Å². The summed E-state index contributed by atoms with van der Waals surface area (Å²) in [6, 6.07) is 6.61. The smallest absolute Gasteiger partial charge is 0.138 e. The average Bonchev–Trinajstić information content (AvgIpc) is 2.77. The van der Waals surface area contributed by atoms with Crippen molar-refractivity contribution in [1.29, 1.82) is 0 Å². The van der Waals surface area contributed by atoms with Crippen LogP contribution < -0.4 is 15.4 Å². The highest BCUT2D eigenvalue weighted by Gasteiger charge is 2.27. The molecule has 1 saturated carbocycles. The molecule has 18 heavy (non-hydrogen) atoms. The summed E-state index contributed by atoms with van der Waals surface area (Å²) in [5.41, 5.74) is 7.24. The molecule has 0 aromatic heterocycles. The molecule has 0 spiro atoms. The van der Waals surface area contributed by atoms with Gasteiger partial charge in [0.2, 0.25) is 0 Å². The van der Waals surface area contributed by atoms with Gasteiger partial charge in [-0.3, -0.25) is 0 Å². The highest BCUT2D eigenvalue weighted by molar-refractivity contribution is 6.32. The summed E-state index contributed by atoms with van der Waals surface area (Å²) < 4.78 is 5.44. The summed E-state index contributed by atoms with van der Waals surface area (Å²) in [5.74, 6) is 0.743. The zero-order chi connectivity index (χ0) is 13.1. The molecular formula is C14H21ClN2O. The first-order chi connectivity index (χ1) is 8.63. The number of halogens is 1. The maximum atomic E-state index is 6.21. The molecule has 0 heterocycles. The normalized spacial score (nSPS) is 23.1. The van der Waals surface area contributed by atoms with Crippen molar-refractivity contribution in [2.24, 2.45) is 5.73 Å². The molecule has 2 atom stereocenters. The second kappa shape index (κ2) is 5.81. The van der Waals surface area contributed by atoms with E-state index in [4.69, 9.17) is 22.1 Å². The average molecular weight is 269 g/mol. The van der Waals surface area contributed by atoms with Crippen molar-refractivity contribution in [3.05, 3.63) is 23.2 Å². The maximum absolute atomic E-state index is 6.21. The van der Waals surface area contributed by atoms with Crippen molar-refractivity contribution in [2.75, 3.05) is 18.6 Å². The highest BCUT2D eigenvalue weighted by atomic mass is 35.5. The van der Waals surface area contributed by atoms with E-state index in [0.717, 1.165) is 24.3 Å². The third-order valence-electron chi connectivity index (χ3n) is 3.65. The van der Waals surface area contributed by atoms with Gasteiger partial charge in [-0.1, -0.05) is 11.6 Å². The minimum Gasteiger partial charge on any atom is -0.492 e. The summed E-state index contributed by atoms with van der Waals surface area (Å²) in [5, 5.41) is 0.660. The number of rotatable bonds is 4. The third-order valence-corrected chi connectivity index (χ3v) is 3.95. The predicted octanol–water partition coefficient (Wildman–Crippen LogP) is 3.05. The number of nitrogens with two attached hydrogens (primary N) is 1. The Morgan fingerprint density at radius 3 is 2.78 bits per heavy atom. The zero-order valence-corrected chi connectivity index (χ0v) is 11.8. The SMILES string of the molecule is CCOc1ccc(N(C)C2CCCC2N)cc1Cl. The lowest BCUT2D eigenvalue weighted by molar-refractivity contribution is 0.340. The van der Waals surface area contributed by atoms with Gasteiger partial charge < -0.3 is 15.4 Å². The minimum absolute atomic E-state index is 0.264. The molecule has 1 aromatic carbocycles. The first kappa shape index (κ1) is 13.5. The lowest BCUT2D eigenvalue weighted by atomic mass is 10.1. The van der Waals surface area contributed by atoms with E-state index in [0.29, 0.717) is 17.7 Å². The number of hydrogen-bond acceptors (Lipinski definition) is 3. The topological polar surface area (TPSA) is 38.5 Å². The van der Waals surface area contributed by atoms with Crippen molar-refractivity contribution < 1.29 is 4.74 Å². The van der Waals surface area contributed by atoms with Gasteiger partial charge in [0.1, 0.15) is 5.75 Å². The van der Waals surface area contributed by atoms with Gasteiger partial charge in [0.25, 0.3) is 0 Å². The Balaban J connectivity index is 2.15. The minimum atomic E-state index is 0.264. The fraction of sp³-hybridized carbons (Fsp3) is 0.571. The molecule has 1 aliphatic rings. The number of likely N-dealkylation sites (N-methyl/N-ethyl adjacent to an activating group) is 1. The molecule has 3 nitrogen and oxygen atoms in total. The first-order valence-electron chi connectivity index (χ1n) is 6.54. The summed E-state index contributed by atoms with van der Waals surface area (Å²) in [4.78, 5) is 2.24. The van der Waals surface area contributed by atoms with Gasteiger partial charge in [0.15, 0.2) is 0 Å². The molecule has 0 amide bonds. The molecule has 1 aliphatic carbocycles. The molecule has 2 unspecified atom stereocenters. The van der Waals surface area contributed by atoms with Gasteiger partial charge in [-0.05, 0) is 44.4 Å². The Kier molecular flexibility index (Phi) is 4.36. The summed E-state index contributed by atoms with van der Waals surface area (Å²) in [6.45, 7) is 2.58. The zero-order valence-electron chi connectivity index (χ0n) is 11.0. The Labute approximate surface area is 114 Å². The molecule has 0 radical (unpaired) electrons. The van der Waals surface area contributed by atoms with E-state index in [1.165, 1.54) is 6.42 Å². The van der Waals surface area contributed by atoms with E-state index in [1.807, 2.05) is 25.1 Å². The van der Waals surface area contributed by atoms with Crippen LogP contribution in [0.2, 0.25) is 5.02 Å². The monoisotopic (exact) mass is 268 g/mol. The number of benzene rings is 1. The predicted molar refractivity (Wildman–Crippen MR) is 76.6 cm³/mol. The molecule has 1 fully saturated rings. The second-order valence-electron chi connectivity index (χ2n) is 4.82. The second-order valence-corrected chi connectivity index (χ2v) is 5.23. The number of ether oxygens (including phenoxy) is 1. The molecule has 1 aromatic rings. The third kappa shape index (κ3) is 2.73. The Hall–Kier alpha value is -0.930. The van der Waals surface area contributed by atoms with E-state index in [9.17, 15) is 0 Å². The highest BCUT2D eigenvalue weighted by Crippen LogP contribution is 2.32. The van der Waals surface area contributed by atoms with Crippen LogP contribution in [0.3, 0.4) is 0 Å². The number of hydrogen-bond donors (Lipinski definition) is 1. The van der Waals surface area contributed by atoms with Gasteiger partial charge in [0.05, 0.1) is 11.6 Å². The molecule has 0 bridgehead atoms. The fourth-order valence-corrected chi connectivity index (χ4v) is 2.85. The van der Waals surface area contributed by atoms with Crippen molar-refractivity contribution in [3.63, 3.8) is 0 Å².